The Balaban J connectivity index is 1.92. The minimum atomic E-state index is -3.53. The van der Waals surface area contributed by atoms with Crippen LogP contribution in [-0.2, 0) is 19.6 Å². The van der Waals surface area contributed by atoms with Crippen molar-refractivity contribution in [2.75, 3.05) is 56.5 Å². The average molecular weight is 356 g/mol. The third-order valence-corrected chi connectivity index (χ3v) is 5.20. The van der Waals surface area contributed by atoms with E-state index in [0.717, 1.165) is 49.0 Å². The minimum absolute atomic E-state index is 0.206. The van der Waals surface area contributed by atoms with Gasteiger partial charge in [0.2, 0.25) is 15.9 Å². The van der Waals surface area contributed by atoms with E-state index >= 15 is 0 Å². The molecule has 0 radical (unpaired) electrons. The SMILES string of the molecule is Cc1ccccc1N(CC(=O)NCC[NH+]1CCOCC1)S(C)(=O)=O. The molecule has 0 atom stereocenters. The molecule has 7 nitrogen and oxygen atoms in total. The quantitative estimate of drug-likeness (QED) is 0.643. The maximum atomic E-state index is 12.2. The number of carbonyl (C=O) groups is 1. The number of quaternary nitrogens is 1. The van der Waals surface area contributed by atoms with Crippen molar-refractivity contribution in [1.82, 2.24) is 5.32 Å². The fraction of sp³-hybridized carbons (Fsp3) is 0.562. The number of carbonyl (C=O) groups excluding carboxylic acids is 1. The van der Waals surface area contributed by atoms with E-state index < -0.39 is 10.0 Å². The summed E-state index contributed by atoms with van der Waals surface area (Å²) in [4.78, 5) is 13.6. The van der Waals surface area contributed by atoms with E-state index in [-0.39, 0.29) is 12.5 Å². The second-order valence-electron chi connectivity index (χ2n) is 6.02. The molecule has 134 valence electrons. The van der Waals surface area contributed by atoms with Crippen LogP contribution in [0.1, 0.15) is 5.56 Å². The van der Waals surface area contributed by atoms with Crippen molar-refractivity contribution in [1.29, 1.82) is 0 Å². The van der Waals surface area contributed by atoms with Gasteiger partial charge in [0, 0.05) is 0 Å². The lowest BCUT2D eigenvalue weighted by Crippen LogP contribution is -3.14. The second-order valence-corrected chi connectivity index (χ2v) is 7.93. The zero-order valence-electron chi connectivity index (χ0n) is 14.2. The molecule has 2 N–H and O–H groups in total. The molecule has 1 aliphatic heterocycles. The Hall–Kier alpha value is -1.64. The van der Waals surface area contributed by atoms with Gasteiger partial charge in [-0.1, -0.05) is 18.2 Å². The van der Waals surface area contributed by atoms with Gasteiger partial charge in [0.25, 0.3) is 0 Å². The zero-order valence-corrected chi connectivity index (χ0v) is 15.1. The lowest BCUT2D eigenvalue weighted by atomic mass is 10.2. The summed E-state index contributed by atoms with van der Waals surface area (Å²) in [7, 11) is -3.53. The first kappa shape index (κ1) is 18.7. The van der Waals surface area contributed by atoms with Gasteiger partial charge in [0.15, 0.2) is 0 Å². The van der Waals surface area contributed by atoms with E-state index in [1.165, 1.54) is 4.90 Å². The first-order valence-corrected chi connectivity index (χ1v) is 9.94. The van der Waals surface area contributed by atoms with Crippen molar-refractivity contribution in [2.45, 2.75) is 6.92 Å². The molecular weight excluding hydrogens is 330 g/mol. The van der Waals surface area contributed by atoms with E-state index in [1.807, 2.05) is 19.1 Å². The Kier molecular flexibility index (Phi) is 6.59. The molecule has 1 aromatic carbocycles. The smallest absolute Gasteiger partial charge is 0.240 e. The molecule has 24 heavy (non-hydrogen) atoms. The van der Waals surface area contributed by atoms with Crippen molar-refractivity contribution in [2.24, 2.45) is 0 Å². The summed E-state index contributed by atoms with van der Waals surface area (Å²) in [5.74, 6) is -0.295. The molecule has 0 bridgehead atoms. The molecule has 1 aromatic rings. The maximum Gasteiger partial charge on any atom is 0.240 e. The number of ether oxygens (including phenoxy) is 1. The second kappa shape index (κ2) is 8.46. The van der Waals surface area contributed by atoms with Gasteiger partial charge in [-0.05, 0) is 18.6 Å². The first-order chi connectivity index (χ1) is 11.4. The van der Waals surface area contributed by atoms with Crippen molar-refractivity contribution in [3.63, 3.8) is 0 Å². The normalized spacial score (nSPS) is 15.9. The van der Waals surface area contributed by atoms with E-state index in [2.05, 4.69) is 5.32 Å². The molecule has 1 aliphatic rings. The van der Waals surface area contributed by atoms with Crippen LogP contribution in [0, 0.1) is 6.92 Å². The lowest BCUT2D eigenvalue weighted by Gasteiger charge is -2.25. The fourth-order valence-corrected chi connectivity index (χ4v) is 3.61. The number of benzene rings is 1. The number of hydrogen-bond donors (Lipinski definition) is 2. The molecule has 2 rings (SSSR count). The summed E-state index contributed by atoms with van der Waals surface area (Å²) in [5.41, 5.74) is 1.35. The van der Waals surface area contributed by atoms with Crippen LogP contribution in [0.2, 0.25) is 0 Å². The number of sulfonamides is 1. The number of nitrogens with zero attached hydrogens (tertiary/aromatic N) is 1. The molecule has 0 aliphatic carbocycles. The number of amides is 1. The predicted molar refractivity (Wildman–Crippen MR) is 92.8 cm³/mol. The number of aryl methyl sites for hydroxylation is 1. The van der Waals surface area contributed by atoms with E-state index in [0.29, 0.717) is 12.2 Å². The maximum absolute atomic E-state index is 12.2. The van der Waals surface area contributed by atoms with Crippen molar-refractivity contribution in [3.05, 3.63) is 29.8 Å². The highest BCUT2D eigenvalue weighted by Gasteiger charge is 2.22. The van der Waals surface area contributed by atoms with Gasteiger partial charge in [0.05, 0.1) is 38.2 Å². The molecule has 8 heteroatoms. The molecule has 1 amide bonds. The van der Waals surface area contributed by atoms with Crippen molar-refractivity contribution >= 4 is 21.6 Å². The van der Waals surface area contributed by atoms with E-state index in [4.69, 9.17) is 4.74 Å². The number of nitrogens with one attached hydrogen (secondary N) is 2. The molecular formula is C16H26N3O4S+. The molecule has 0 unspecified atom stereocenters. The van der Waals surface area contributed by atoms with Crippen LogP contribution in [0.3, 0.4) is 0 Å². The molecule has 0 saturated carbocycles. The average Bonchev–Trinajstić information content (AvgIpc) is 2.53. The predicted octanol–water partition coefficient (Wildman–Crippen LogP) is -1.21. The van der Waals surface area contributed by atoms with Crippen LogP contribution in [0.25, 0.3) is 0 Å². The number of rotatable bonds is 7. The van der Waals surface area contributed by atoms with E-state index in [9.17, 15) is 13.2 Å². The van der Waals surface area contributed by atoms with Crippen LogP contribution in [-0.4, -0.2) is 66.5 Å². The summed E-state index contributed by atoms with van der Waals surface area (Å²) < 4.78 is 30.6. The largest absolute Gasteiger partial charge is 0.370 e. The monoisotopic (exact) mass is 356 g/mol. The Bertz CT molecular complexity index is 657. The van der Waals surface area contributed by atoms with Gasteiger partial charge >= 0.3 is 0 Å². The highest BCUT2D eigenvalue weighted by atomic mass is 32.2. The van der Waals surface area contributed by atoms with Crippen LogP contribution >= 0.6 is 0 Å². The topological polar surface area (TPSA) is 80.2 Å². The third kappa shape index (κ3) is 5.47. The molecule has 0 aromatic heterocycles. The minimum Gasteiger partial charge on any atom is -0.370 e. The molecule has 1 saturated heterocycles. The highest BCUT2D eigenvalue weighted by molar-refractivity contribution is 7.92. The number of para-hydroxylation sites is 1. The molecule has 1 fully saturated rings. The van der Waals surface area contributed by atoms with E-state index in [1.54, 1.807) is 12.1 Å². The number of anilines is 1. The van der Waals surface area contributed by atoms with Gasteiger partial charge < -0.3 is 15.0 Å². The van der Waals surface area contributed by atoms with Gasteiger partial charge in [-0.2, -0.15) is 0 Å². The fourth-order valence-electron chi connectivity index (χ4n) is 2.70. The van der Waals surface area contributed by atoms with Crippen molar-refractivity contribution in [3.8, 4) is 0 Å². The standard InChI is InChI=1S/C16H25N3O4S/c1-14-5-3-4-6-15(14)19(24(2,21)22)13-16(20)17-7-8-18-9-11-23-12-10-18/h3-6H,7-13H2,1-2H3,(H,17,20)/p+1. The highest BCUT2D eigenvalue weighted by Crippen LogP contribution is 2.21. The van der Waals surface area contributed by atoms with Crippen LogP contribution < -0.4 is 14.5 Å². The third-order valence-electron chi connectivity index (χ3n) is 4.07. The summed E-state index contributed by atoms with van der Waals surface area (Å²) in [5, 5.41) is 2.82. The Morgan fingerprint density at radius 3 is 2.58 bits per heavy atom. The van der Waals surface area contributed by atoms with Crippen LogP contribution in [0.4, 0.5) is 5.69 Å². The van der Waals surface area contributed by atoms with Gasteiger partial charge in [0.1, 0.15) is 19.6 Å². The Morgan fingerprint density at radius 1 is 1.29 bits per heavy atom. The molecule has 0 spiro atoms. The van der Waals surface area contributed by atoms with Crippen molar-refractivity contribution < 1.29 is 22.8 Å². The summed E-state index contributed by atoms with van der Waals surface area (Å²) in [6, 6.07) is 7.14. The first-order valence-electron chi connectivity index (χ1n) is 8.09. The Labute approximate surface area is 143 Å². The number of hydrogen-bond acceptors (Lipinski definition) is 4. The summed E-state index contributed by atoms with van der Waals surface area (Å²) in [6.45, 7) is 6.34. The van der Waals surface area contributed by atoms with Gasteiger partial charge in [-0.25, -0.2) is 8.42 Å². The summed E-state index contributed by atoms with van der Waals surface area (Å²) >= 11 is 0. The van der Waals surface area contributed by atoms with Gasteiger partial charge in [-0.15, -0.1) is 0 Å². The van der Waals surface area contributed by atoms with Crippen LogP contribution in [0.5, 0.6) is 0 Å². The number of morpholine rings is 1. The van der Waals surface area contributed by atoms with Gasteiger partial charge in [-0.3, -0.25) is 9.10 Å². The zero-order chi connectivity index (χ0) is 17.6. The molecule has 1 heterocycles. The summed E-state index contributed by atoms with van der Waals surface area (Å²) in [6.07, 6.45) is 1.12. The lowest BCUT2D eigenvalue weighted by molar-refractivity contribution is -0.906. The Morgan fingerprint density at radius 2 is 1.96 bits per heavy atom. The van der Waals surface area contributed by atoms with Crippen LogP contribution in [0.15, 0.2) is 24.3 Å².